The largest absolute Gasteiger partial charge is 0.250 e. The summed E-state index contributed by atoms with van der Waals surface area (Å²) in [6.07, 6.45) is 3.56. The molecule has 0 aliphatic carbocycles. The molecular formula is C16H12N2S2. The molecular weight excluding hydrogens is 284 g/mol. The van der Waals surface area contributed by atoms with Crippen LogP contribution in [0.1, 0.15) is 0 Å². The molecule has 0 aliphatic rings. The highest BCUT2D eigenvalue weighted by molar-refractivity contribution is 7.99. The van der Waals surface area contributed by atoms with Crippen LogP contribution in [0.5, 0.6) is 0 Å². The fraction of sp³-hybridized carbons (Fsp3) is 0.125. The Morgan fingerprint density at radius 2 is 1.25 bits per heavy atom. The molecule has 0 radical (unpaired) electrons. The summed E-state index contributed by atoms with van der Waals surface area (Å²) in [4.78, 5) is 8.42. The van der Waals surface area contributed by atoms with E-state index in [1.54, 1.807) is 35.9 Å². The monoisotopic (exact) mass is 296 g/mol. The van der Waals surface area contributed by atoms with Crippen molar-refractivity contribution in [2.24, 2.45) is 0 Å². The van der Waals surface area contributed by atoms with E-state index in [0.717, 1.165) is 10.1 Å². The van der Waals surface area contributed by atoms with E-state index in [2.05, 4.69) is 33.6 Å². The van der Waals surface area contributed by atoms with Crippen LogP contribution in [0, 0.1) is 23.7 Å². The predicted molar refractivity (Wildman–Crippen MR) is 85.5 cm³/mol. The Morgan fingerprint density at radius 1 is 0.750 bits per heavy atom. The first-order valence-electron chi connectivity index (χ1n) is 5.98. The van der Waals surface area contributed by atoms with Gasteiger partial charge >= 0.3 is 0 Å². The van der Waals surface area contributed by atoms with E-state index < -0.39 is 0 Å². The van der Waals surface area contributed by atoms with Gasteiger partial charge in [-0.05, 0) is 36.1 Å². The molecule has 0 atom stereocenters. The minimum absolute atomic E-state index is 0.707. The number of rotatable bonds is 4. The first-order valence-corrected chi connectivity index (χ1v) is 7.95. The maximum Gasteiger partial charge on any atom is 0.0969 e. The summed E-state index contributed by atoms with van der Waals surface area (Å²) in [5.74, 6) is 13.1. The Labute approximate surface area is 127 Å². The molecule has 0 saturated heterocycles. The lowest BCUT2D eigenvalue weighted by Crippen LogP contribution is -1.78. The van der Waals surface area contributed by atoms with Gasteiger partial charge in [-0.2, -0.15) is 0 Å². The Balaban J connectivity index is 1.66. The van der Waals surface area contributed by atoms with Crippen LogP contribution in [0.2, 0.25) is 0 Å². The van der Waals surface area contributed by atoms with Crippen molar-refractivity contribution in [2.45, 2.75) is 10.1 Å². The highest BCUT2D eigenvalue weighted by Gasteiger charge is 1.90. The van der Waals surface area contributed by atoms with Gasteiger partial charge < -0.3 is 0 Å². The van der Waals surface area contributed by atoms with Gasteiger partial charge in [0, 0.05) is 12.4 Å². The minimum atomic E-state index is 0.707. The van der Waals surface area contributed by atoms with Crippen molar-refractivity contribution in [3.05, 3.63) is 48.8 Å². The molecule has 4 heteroatoms. The van der Waals surface area contributed by atoms with Gasteiger partial charge in [-0.1, -0.05) is 47.5 Å². The van der Waals surface area contributed by atoms with Crippen molar-refractivity contribution >= 4 is 23.5 Å². The van der Waals surface area contributed by atoms with E-state index >= 15 is 0 Å². The molecule has 0 N–H and O–H groups in total. The molecule has 20 heavy (non-hydrogen) atoms. The van der Waals surface area contributed by atoms with Gasteiger partial charge in [0.15, 0.2) is 0 Å². The van der Waals surface area contributed by atoms with Crippen LogP contribution in [0.3, 0.4) is 0 Å². The second kappa shape index (κ2) is 9.09. The van der Waals surface area contributed by atoms with E-state index in [1.807, 2.05) is 36.4 Å². The molecule has 0 spiro atoms. The number of nitrogens with zero attached hydrogens (tertiary/aromatic N) is 2. The van der Waals surface area contributed by atoms with Crippen molar-refractivity contribution in [1.29, 1.82) is 0 Å². The average Bonchev–Trinajstić information content (AvgIpc) is 2.52. The Kier molecular flexibility index (Phi) is 6.60. The highest BCUT2D eigenvalue weighted by atomic mass is 32.2. The summed E-state index contributed by atoms with van der Waals surface area (Å²) >= 11 is 3.23. The number of hydrogen-bond acceptors (Lipinski definition) is 4. The zero-order chi connectivity index (χ0) is 13.9. The van der Waals surface area contributed by atoms with Gasteiger partial charge in [0.05, 0.1) is 21.6 Å². The van der Waals surface area contributed by atoms with Crippen molar-refractivity contribution < 1.29 is 0 Å². The maximum atomic E-state index is 4.21. The van der Waals surface area contributed by atoms with Crippen LogP contribution in [0.15, 0.2) is 58.8 Å². The maximum absolute atomic E-state index is 4.21. The Hall–Kier alpha value is -1.88. The molecule has 2 heterocycles. The minimum Gasteiger partial charge on any atom is -0.250 e. The second-order valence-corrected chi connectivity index (χ2v) is 5.51. The molecule has 2 nitrogen and oxygen atoms in total. The fourth-order valence-corrected chi connectivity index (χ4v) is 2.45. The Bertz CT molecular complexity index is 575. The standard InChI is InChI=1S/C16H12N2S2/c1(7-13-19-15-9-3-5-11-17-15)2-8-14-20-16-10-4-6-12-18-16/h3-6,9-12H,13-14H2. The molecule has 2 aromatic rings. The van der Waals surface area contributed by atoms with Gasteiger partial charge in [0.2, 0.25) is 0 Å². The van der Waals surface area contributed by atoms with Crippen molar-refractivity contribution in [3.8, 4) is 23.7 Å². The van der Waals surface area contributed by atoms with E-state index in [-0.39, 0.29) is 0 Å². The summed E-state index contributed by atoms with van der Waals surface area (Å²) in [6, 6.07) is 11.7. The van der Waals surface area contributed by atoms with Crippen molar-refractivity contribution in [1.82, 2.24) is 9.97 Å². The van der Waals surface area contributed by atoms with E-state index in [9.17, 15) is 0 Å². The quantitative estimate of drug-likeness (QED) is 0.638. The molecule has 0 aromatic carbocycles. The molecule has 0 fully saturated rings. The van der Waals surface area contributed by atoms with Crippen LogP contribution in [0.25, 0.3) is 0 Å². The summed E-state index contributed by atoms with van der Waals surface area (Å²) in [6.45, 7) is 0. The van der Waals surface area contributed by atoms with Gasteiger partial charge in [-0.15, -0.1) is 0 Å². The third-order valence-corrected chi connectivity index (χ3v) is 3.75. The molecule has 98 valence electrons. The molecule has 0 aliphatic heterocycles. The lowest BCUT2D eigenvalue weighted by atomic mass is 10.5. The van der Waals surface area contributed by atoms with Crippen LogP contribution in [-0.2, 0) is 0 Å². The van der Waals surface area contributed by atoms with Crippen molar-refractivity contribution in [3.63, 3.8) is 0 Å². The van der Waals surface area contributed by atoms with E-state index in [1.165, 1.54) is 0 Å². The van der Waals surface area contributed by atoms with Gasteiger partial charge in [-0.25, -0.2) is 9.97 Å². The summed E-state index contributed by atoms with van der Waals surface area (Å²) in [7, 11) is 0. The third-order valence-electron chi connectivity index (χ3n) is 2.10. The Morgan fingerprint density at radius 3 is 1.65 bits per heavy atom. The van der Waals surface area contributed by atoms with Crippen LogP contribution >= 0.6 is 23.5 Å². The summed E-state index contributed by atoms with van der Waals surface area (Å²) in [5.41, 5.74) is 0. The number of hydrogen-bond donors (Lipinski definition) is 0. The summed E-state index contributed by atoms with van der Waals surface area (Å²) < 4.78 is 0. The molecule has 0 saturated carbocycles. The number of aromatic nitrogens is 2. The first kappa shape index (κ1) is 14.5. The zero-order valence-corrected chi connectivity index (χ0v) is 12.4. The number of pyridine rings is 2. The molecule has 2 rings (SSSR count). The smallest absolute Gasteiger partial charge is 0.0969 e. The van der Waals surface area contributed by atoms with Gasteiger partial charge in [-0.3, -0.25) is 0 Å². The van der Waals surface area contributed by atoms with Gasteiger partial charge in [0.25, 0.3) is 0 Å². The van der Waals surface area contributed by atoms with Crippen LogP contribution < -0.4 is 0 Å². The van der Waals surface area contributed by atoms with Crippen LogP contribution in [-0.4, -0.2) is 21.5 Å². The fourth-order valence-electron chi connectivity index (χ4n) is 1.25. The second-order valence-electron chi connectivity index (χ2n) is 3.52. The normalized spacial score (nSPS) is 9.00. The van der Waals surface area contributed by atoms with Crippen molar-refractivity contribution in [2.75, 3.05) is 11.5 Å². The van der Waals surface area contributed by atoms with E-state index in [0.29, 0.717) is 11.5 Å². The predicted octanol–water partition coefficient (Wildman–Crippen LogP) is 3.37. The molecule has 0 unspecified atom stereocenters. The SMILES string of the molecule is C(C#CCSc1ccccn1)#CCSc1ccccn1. The lowest BCUT2D eigenvalue weighted by Gasteiger charge is -1.92. The third kappa shape index (κ3) is 5.84. The lowest BCUT2D eigenvalue weighted by molar-refractivity contribution is 1.14. The number of thioether (sulfide) groups is 2. The topological polar surface area (TPSA) is 25.8 Å². The highest BCUT2D eigenvalue weighted by Crippen LogP contribution is 2.13. The first-order chi connectivity index (χ1) is 9.95. The molecule has 0 amide bonds. The molecule has 2 aromatic heterocycles. The van der Waals surface area contributed by atoms with E-state index in [4.69, 9.17) is 0 Å². The zero-order valence-electron chi connectivity index (χ0n) is 10.7. The summed E-state index contributed by atoms with van der Waals surface area (Å²) in [5, 5.41) is 1.97. The van der Waals surface area contributed by atoms with Crippen LogP contribution in [0.4, 0.5) is 0 Å². The molecule has 0 bridgehead atoms. The average molecular weight is 296 g/mol. The van der Waals surface area contributed by atoms with Gasteiger partial charge in [0.1, 0.15) is 0 Å².